The zero-order valence-corrected chi connectivity index (χ0v) is 16.5. The van der Waals surface area contributed by atoms with E-state index in [0.29, 0.717) is 5.56 Å². The minimum Gasteiger partial charge on any atom is -0.472 e. The highest BCUT2D eigenvalue weighted by atomic mass is 16.6. The quantitative estimate of drug-likeness (QED) is 0.431. The van der Waals surface area contributed by atoms with Crippen LogP contribution >= 0.6 is 0 Å². The highest BCUT2D eigenvalue weighted by molar-refractivity contribution is 6.01. The van der Waals surface area contributed by atoms with Crippen molar-refractivity contribution in [3.05, 3.63) is 57.6 Å². The largest absolute Gasteiger partial charge is 0.472 e. The van der Waals surface area contributed by atoms with E-state index in [1.54, 1.807) is 52.0 Å². The molecular formula is C20H21N3O6. The summed E-state index contributed by atoms with van der Waals surface area (Å²) in [5.41, 5.74) is -0.0344. The van der Waals surface area contributed by atoms with Crippen LogP contribution in [0.2, 0.25) is 0 Å². The number of nitro groups is 1. The number of hydrogen-bond acceptors (Lipinski definition) is 7. The number of hydrogen-bond donors (Lipinski definition) is 0. The maximum Gasteiger partial charge on any atom is 0.366 e. The van der Waals surface area contributed by atoms with Crippen molar-refractivity contribution in [2.45, 2.75) is 45.9 Å². The van der Waals surface area contributed by atoms with Gasteiger partial charge in [0.15, 0.2) is 11.4 Å². The highest BCUT2D eigenvalue weighted by Crippen LogP contribution is 2.38. The molecule has 1 amide bonds. The van der Waals surface area contributed by atoms with Crippen molar-refractivity contribution >= 4 is 23.5 Å². The normalized spacial score (nSPS) is 14.9. The van der Waals surface area contributed by atoms with Crippen LogP contribution in [0.4, 0.5) is 11.6 Å². The van der Waals surface area contributed by atoms with Crippen molar-refractivity contribution in [3.63, 3.8) is 0 Å². The van der Waals surface area contributed by atoms with Gasteiger partial charge in [-0.05, 0) is 61.4 Å². The number of aromatic nitrogens is 1. The minimum absolute atomic E-state index is 0.0896. The maximum atomic E-state index is 12.9. The predicted octanol–water partition coefficient (Wildman–Crippen LogP) is 3.26. The molecular weight excluding hydrogens is 378 g/mol. The lowest BCUT2D eigenvalue weighted by atomic mass is 10.0. The van der Waals surface area contributed by atoms with Crippen LogP contribution in [0.25, 0.3) is 0 Å². The molecule has 0 atom stereocenters. The number of nitrogens with zero attached hydrogens (tertiary/aromatic N) is 3. The zero-order chi connectivity index (χ0) is 21.3. The van der Waals surface area contributed by atoms with Crippen LogP contribution in [0.15, 0.2) is 36.4 Å². The molecule has 0 aliphatic carbocycles. The summed E-state index contributed by atoms with van der Waals surface area (Å²) >= 11 is 0. The standard InChI is InChI=1S/C20H21N3O6/c1-12(2)28-18(24)14-7-5-13(6-8-14)11-22-17-15(29-20(3,4)19(22)25)9-10-16(21-17)23(26)27/h5-10,12H,11H2,1-4H3. The molecule has 1 aliphatic heterocycles. The second kappa shape index (κ2) is 7.50. The second-order valence-corrected chi connectivity index (χ2v) is 7.40. The van der Waals surface area contributed by atoms with Crippen molar-refractivity contribution in [3.8, 4) is 5.75 Å². The lowest BCUT2D eigenvalue weighted by Gasteiger charge is -2.35. The van der Waals surface area contributed by atoms with Gasteiger partial charge in [-0.1, -0.05) is 12.1 Å². The number of carbonyl (C=O) groups is 2. The van der Waals surface area contributed by atoms with E-state index in [1.807, 2.05) is 0 Å². The van der Waals surface area contributed by atoms with E-state index in [-0.39, 0.29) is 35.9 Å². The van der Waals surface area contributed by atoms with Gasteiger partial charge < -0.3 is 19.6 Å². The lowest BCUT2D eigenvalue weighted by molar-refractivity contribution is -0.389. The third-order valence-electron chi connectivity index (χ3n) is 4.27. The Hall–Kier alpha value is -3.49. The smallest absolute Gasteiger partial charge is 0.366 e. The molecule has 1 aromatic heterocycles. The summed E-state index contributed by atoms with van der Waals surface area (Å²) in [6, 6.07) is 9.29. The first kappa shape index (κ1) is 20.2. The van der Waals surface area contributed by atoms with Gasteiger partial charge in [0.25, 0.3) is 11.7 Å². The third kappa shape index (κ3) is 4.18. The van der Waals surface area contributed by atoms with Gasteiger partial charge in [0.2, 0.25) is 0 Å². The van der Waals surface area contributed by atoms with Gasteiger partial charge in [0.1, 0.15) is 0 Å². The number of amides is 1. The number of pyridine rings is 1. The van der Waals surface area contributed by atoms with E-state index in [1.165, 1.54) is 17.0 Å². The summed E-state index contributed by atoms with van der Waals surface area (Å²) in [5.74, 6) is -0.806. The molecule has 0 radical (unpaired) electrons. The van der Waals surface area contributed by atoms with E-state index in [2.05, 4.69) is 4.98 Å². The Morgan fingerprint density at radius 1 is 1.24 bits per heavy atom. The summed E-state index contributed by atoms with van der Waals surface area (Å²) in [4.78, 5) is 40.7. The monoisotopic (exact) mass is 399 g/mol. The highest BCUT2D eigenvalue weighted by Gasteiger charge is 2.44. The second-order valence-electron chi connectivity index (χ2n) is 7.40. The Kier molecular flexibility index (Phi) is 5.23. The van der Waals surface area contributed by atoms with Crippen molar-refractivity contribution in [2.24, 2.45) is 0 Å². The van der Waals surface area contributed by atoms with Crippen LogP contribution < -0.4 is 9.64 Å². The molecule has 0 N–H and O–H groups in total. The van der Waals surface area contributed by atoms with E-state index >= 15 is 0 Å². The molecule has 1 aromatic carbocycles. The molecule has 0 fully saturated rings. The molecule has 0 spiro atoms. The van der Waals surface area contributed by atoms with E-state index in [0.717, 1.165) is 5.56 Å². The predicted molar refractivity (Wildman–Crippen MR) is 104 cm³/mol. The molecule has 2 aromatic rings. The van der Waals surface area contributed by atoms with Gasteiger partial charge in [-0.2, -0.15) is 0 Å². The zero-order valence-electron chi connectivity index (χ0n) is 16.5. The Balaban J connectivity index is 1.91. The van der Waals surface area contributed by atoms with Crippen LogP contribution in [-0.4, -0.2) is 33.5 Å². The van der Waals surface area contributed by atoms with E-state index in [9.17, 15) is 19.7 Å². The van der Waals surface area contributed by atoms with Crippen LogP contribution in [0.5, 0.6) is 5.75 Å². The first-order chi connectivity index (χ1) is 13.6. The number of fused-ring (bicyclic) bond motifs is 1. The van der Waals surface area contributed by atoms with Crippen LogP contribution in [0, 0.1) is 10.1 Å². The van der Waals surface area contributed by atoms with Gasteiger partial charge in [0, 0.05) is 6.07 Å². The number of benzene rings is 1. The molecule has 0 saturated heterocycles. The fraction of sp³-hybridized carbons (Fsp3) is 0.350. The van der Waals surface area contributed by atoms with Crippen molar-refractivity contribution < 1.29 is 24.0 Å². The van der Waals surface area contributed by atoms with Crippen molar-refractivity contribution in [1.82, 2.24) is 4.98 Å². The Morgan fingerprint density at radius 2 is 1.90 bits per heavy atom. The third-order valence-corrected chi connectivity index (χ3v) is 4.27. The van der Waals surface area contributed by atoms with Crippen LogP contribution in [0.3, 0.4) is 0 Å². The molecule has 152 valence electrons. The topological polar surface area (TPSA) is 112 Å². The summed E-state index contributed by atoms with van der Waals surface area (Å²) in [6.45, 7) is 6.89. The van der Waals surface area contributed by atoms with Crippen LogP contribution in [0.1, 0.15) is 43.6 Å². The van der Waals surface area contributed by atoms with Crippen molar-refractivity contribution in [2.75, 3.05) is 4.90 Å². The Morgan fingerprint density at radius 3 is 2.48 bits per heavy atom. The average Bonchev–Trinajstić information content (AvgIpc) is 2.64. The summed E-state index contributed by atoms with van der Waals surface area (Å²) in [7, 11) is 0. The van der Waals surface area contributed by atoms with Gasteiger partial charge in [-0.15, -0.1) is 0 Å². The molecule has 0 bridgehead atoms. The fourth-order valence-corrected chi connectivity index (χ4v) is 2.90. The molecule has 9 nitrogen and oxygen atoms in total. The molecule has 0 unspecified atom stereocenters. The van der Waals surface area contributed by atoms with E-state index < -0.39 is 16.5 Å². The molecule has 9 heteroatoms. The maximum absolute atomic E-state index is 12.9. The van der Waals surface area contributed by atoms with Gasteiger partial charge in [-0.25, -0.2) is 4.79 Å². The Labute approximate surface area is 167 Å². The molecule has 2 heterocycles. The fourth-order valence-electron chi connectivity index (χ4n) is 2.90. The minimum atomic E-state index is -1.15. The molecule has 1 aliphatic rings. The number of ether oxygens (including phenoxy) is 2. The molecule has 0 saturated carbocycles. The van der Waals surface area contributed by atoms with Gasteiger partial charge in [0.05, 0.1) is 18.2 Å². The number of carbonyl (C=O) groups excluding carboxylic acids is 2. The number of rotatable bonds is 5. The average molecular weight is 399 g/mol. The van der Waals surface area contributed by atoms with Gasteiger partial charge in [-0.3, -0.25) is 9.69 Å². The van der Waals surface area contributed by atoms with Gasteiger partial charge >= 0.3 is 11.8 Å². The summed E-state index contributed by atoms with van der Waals surface area (Å²) in [5, 5.41) is 11.1. The number of esters is 1. The van der Waals surface area contributed by atoms with Crippen LogP contribution in [-0.2, 0) is 16.1 Å². The summed E-state index contributed by atoms with van der Waals surface area (Å²) < 4.78 is 10.8. The first-order valence-corrected chi connectivity index (χ1v) is 9.05. The Bertz CT molecular complexity index is 969. The molecule has 3 rings (SSSR count). The van der Waals surface area contributed by atoms with Crippen molar-refractivity contribution in [1.29, 1.82) is 0 Å². The number of anilines is 1. The molecule has 29 heavy (non-hydrogen) atoms. The van der Waals surface area contributed by atoms with E-state index in [4.69, 9.17) is 9.47 Å². The lowest BCUT2D eigenvalue weighted by Crippen LogP contribution is -2.52. The first-order valence-electron chi connectivity index (χ1n) is 9.05. The summed E-state index contributed by atoms with van der Waals surface area (Å²) in [6.07, 6.45) is -0.228. The SMILES string of the molecule is CC(C)OC(=O)c1ccc(CN2C(=O)C(C)(C)Oc3ccc([N+](=O)[O-])nc32)cc1.